The van der Waals surface area contributed by atoms with Gasteiger partial charge in [-0.25, -0.2) is 4.39 Å². The molecule has 0 saturated heterocycles. The van der Waals surface area contributed by atoms with Gasteiger partial charge in [0.1, 0.15) is 6.29 Å². The van der Waals surface area contributed by atoms with Crippen LogP contribution in [0.3, 0.4) is 0 Å². The lowest BCUT2D eigenvalue weighted by Crippen LogP contribution is -1.92. The summed E-state index contributed by atoms with van der Waals surface area (Å²) >= 11 is 0. The van der Waals surface area contributed by atoms with Crippen molar-refractivity contribution >= 4 is 12.0 Å². The van der Waals surface area contributed by atoms with Gasteiger partial charge in [-0.2, -0.15) is 0 Å². The Balaban J connectivity index is 3.20. The van der Waals surface area contributed by atoms with Crippen molar-refractivity contribution in [3.05, 3.63) is 33.6 Å². The molecule has 0 heterocycles. The highest BCUT2D eigenvalue weighted by atomic mass is 19.1. The predicted octanol–water partition coefficient (Wildman–Crippen LogP) is 1.38. The molecule has 0 atom stereocenters. The van der Waals surface area contributed by atoms with Gasteiger partial charge in [0.25, 0.3) is 0 Å². The molecule has 1 N–H and O–H groups in total. The van der Waals surface area contributed by atoms with Gasteiger partial charge in [-0.3, -0.25) is 10.1 Å². The van der Waals surface area contributed by atoms with Gasteiger partial charge in [0, 0.05) is 11.6 Å². The minimum Gasteiger partial charge on any atom is -0.500 e. The highest BCUT2D eigenvalue weighted by Crippen LogP contribution is 2.29. The van der Waals surface area contributed by atoms with Crippen LogP contribution in [0, 0.1) is 27.8 Å². The zero-order valence-corrected chi connectivity index (χ0v) is 7.94. The fourth-order valence-electron chi connectivity index (χ4n) is 0.991. The summed E-state index contributed by atoms with van der Waals surface area (Å²) in [6.07, 6.45) is 0.508. The number of nitro groups is 1. The van der Waals surface area contributed by atoms with Crippen LogP contribution in [0.15, 0.2) is 12.1 Å². The van der Waals surface area contributed by atoms with Crippen molar-refractivity contribution in [2.45, 2.75) is 6.42 Å². The zero-order chi connectivity index (χ0) is 12.1. The molecule has 0 aliphatic heterocycles. The number of halogens is 1. The average molecular weight is 223 g/mol. The van der Waals surface area contributed by atoms with E-state index in [1.807, 2.05) is 0 Å². The molecule has 5 nitrogen and oxygen atoms in total. The van der Waals surface area contributed by atoms with Crippen molar-refractivity contribution in [1.82, 2.24) is 0 Å². The summed E-state index contributed by atoms with van der Waals surface area (Å²) < 4.78 is 13.0. The molecule has 16 heavy (non-hydrogen) atoms. The quantitative estimate of drug-likeness (QED) is 0.355. The van der Waals surface area contributed by atoms with Gasteiger partial charge in [0.2, 0.25) is 5.75 Å². The number of hydrogen-bond donors (Lipinski definition) is 1. The lowest BCUT2D eigenvalue weighted by Gasteiger charge is -1.98. The van der Waals surface area contributed by atoms with Gasteiger partial charge in [-0.1, -0.05) is 11.8 Å². The molecule has 0 amide bonds. The van der Waals surface area contributed by atoms with Crippen LogP contribution in [0.25, 0.3) is 0 Å². The van der Waals surface area contributed by atoms with E-state index in [1.165, 1.54) is 0 Å². The molecular formula is C10H6FNO4. The summed E-state index contributed by atoms with van der Waals surface area (Å²) in [5.41, 5.74) is -0.723. The molecule has 0 aliphatic carbocycles. The summed E-state index contributed by atoms with van der Waals surface area (Å²) in [5, 5.41) is 19.5. The summed E-state index contributed by atoms with van der Waals surface area (Å²) in [7, 11) is 0. The predicted molar refractivity (Wildman–Crippen MR) is 52.3 cm³/mol. The SMILES string of the molecule is O=CCC#Cc1cc(F)c(O)c([N+](=O)[O-])c1. The fraction of sp³-hybridized carbons (Fsp3) is 0.100. The van der Waals surface area contributed by atoms with Crippen molar-refractivity contribution in [2.24, 2.45) is 0 Å². The summed E-state index contributed by atoms with van der Waals surface area (Å²) in [6, 6.07) is 1.80. The molecule has 0 radical (unpaired) electrons. The van der Waals surface area contributed by atoms with Crippen LogP contribution < -0.4 is 0 Å². The van der Waals surface area contributed by atoms with E-state index in [0.717, 1.165) is 12.1 Å². The Kier molecular flexibility index (Phi) is 3.56. The Hall–Kier alpha value is -2.42. The average Bonchev–Trinajstić information content (AvgIpc) is 2.23. The van der Waals surface area contributed by atoms with Gasteiger partial charge in [-0.15, -0.1) is 0 Å². The zero-order valence-electron chi connectivity index (χ0n) is 7.94. The van der Waals surface area contributed by atoms with Crippen molar-refractivity contribution in [3.63, 3.8) is 0 Å². The number of nitrogens with zero attached hydrogens (tertiary/aromatic N) is 1. The van der Waals surface area contributed by atoms with E-state index in [9.17, 15) is 19.3 Å². The Labute approximate surface area is 89.7 Å². The molecule has 1 aromatic carbocycles. The number of carbonyl (C=O) groups excluding carboxylic acids is 1. The minimum absolute atomic E-state index is 0.0313. The normalized spacial score (nSPS) is 9.06. The first-order valence-electron chi connectivity index (χ1n) is 4.15. The largest absolute Gasteiger partial charge is 0.500 e. The maximum Gasteiger partial charge on any atom is 0.315 e. The Morgan fingerprint density at radius 1 is 1.56 bits per heavy atom. The second-order valence-corrected chi connectivity index (χ2v) is 2.76. The number of phenolic OH excluding ortho intramolecular Hbond substituents is 1. The number of carbonyl (C=O) groups is 1. The molecule has 1 rings (SSSR count). The standard InChI is InChI=1S/C10H6FNO4/c11-8-5-7(3-1-2-4-13)6-9(10(8)14)12(15)16/h4-6,14H,2H2. The highest BCUT2D eigenvalue weighted by Gasteiger charge is 2.18. The second kappa shape index (κ2) is 4.89. The number of phenols is 1. The molecule has 0 spiro atoms. The van der Waals surface area contributed by atoms with Gasteiger partial charge in [0.15, 0.2) is 5.82 Å². The van der Waals surface area contributed by atoms with Crippen molar-refractivity contribution in [3.8, 4) is 17.6 Å². The van der Waals surface area contributed by atoms with Crippen LogP contribution in [-0.4, -0.2) is 16.3 Å². The van der Waals surface area contributed by atoms with E-state index in [2.05, 4.69) is 11.8 Å². The van der Waals surface area contributed by atoms with E-state index in [1.54, 1.807) is 0 Å². The first-order chi connectivity index (χ1) is 7.56. The monoisotopic (exact) mass is 223 g/mol. The van der Waals surface area contributed by atoms with Crippen molar-refractivity contribution in [2.75, 3.05) is 0 Å². The summed E-state index contributed by atoms with van der Waals surface area (Å²) in [6.45, 7) is 0. The third-order valence-corrected chi connectivity index (χ3v) is 1.66. The van der Waals surface area contributed by atoms with E-state index >= 15 is 0 Å². The van der Waals surface area contributed by atoms with E-state index in [0.29, 0.717) is 6.29 Å². The molecule has 0 aromatic heterocycles. The van der Waals surface area contributed by atoms with Crippen molar-refractivity contribution < 1.29 is 19.2 Å². The van der Waals surface area contributed by atoms with Crippen LogP contribution in [0.2, 0.25) is 0 Å². The number of rotatable bonds is 2. The van der Waals surface area contributed by atoms with Crippen LogP contribution >= 0.6 is 0 Å². The van der Waals surface area contributed by atoms with E-state index < -0.39 is 22.2 Å². The van der Waals surface area contributed by atoms with Crippen LogP contribution in [0.1, 0.15) is 12.0 Å². The molecule has 82 valence electrons. The van der Waals surface area contributed by atoms with Gasteiger partial charge in [0.05, 0.1) is 11.3 Å². The second-order valence-electron chi connectivity index (χ2n) is 2.76. The number of aromatic hydroxyl groups is 1. The number of benzene rings is 1. The number of aldehydes is 1. The third kappa shape index (κ3) is 2.54. The Bertz CT molecular complexity index is 502. The lowest BCUT2D eigenvalue weighted by molar-refractivity contribution is -0.386. The molecule has 6 heteroatoms. The molecular weight excluding hydrogens is 217 g/mol. The van der Waals surface area contributed by atoms with Gasteiger partial charge in [-0.05, 0) is 6.07 Å². The Morgan fingerprint density at radius 2 is 2.25 bits per heavy atom. The molecule has 0 aliphatic rings. The van der Waals surface area contributed by atoms with Gasteiger partial charge >= 0.3 is 5.69 Å². The van der Waals surface area contributed by atoms with Crippen LogP contribution in [0.4, 0.5) is 10.1 Å². The smallest absolute Gasteiger partial charge is 0.315 e. The van der Waals surface area contributed by atoms with E-state index in [-0.39, 0.29) is 12.0 Å². The highest BCUT2D eigenvalue weighted by molar-refractivity contribution is 5.57. The molecule has 0 saturated carbocycles. The van der Waals surface area contributed by atoms with Crippen LogP contribution in [-0.2, 0) is 4.79 Å². The maximum absolute atomic E-state index is 13.0. The molecule has 1 aromatic rings. The molecule has 0 bridgehead atoms. The molecule has 0 unspecified atom stereocenters. The minimum atomic E-state index is -1.12. The summed E-state index contributed by atoms with van der Waals surface area (Å²) in [4.78, 5) is 19.5. The number of hydrogen-bond acceptors (Lipinski definition) is 4. The molecule has 0 fully saturated rings. The maximum atomic E-state index is 13.0. The Morgan fingerprint density at radius 3 is 2.81 bits per heavy atom. The third-order valence-electron chi connectivity index (χ3n) is 1.66. The lowest BCUT2D eigenvalue weighted by atomic mass is 10.2. The van der Waals surface area contributed by atoms with Crippen molar-refractivity contribution in [1.29, 1.82) is 0 Å². The first-order valence-corrected chi connectivity index (χ1v) is 4.15. The number of nitro benzene ring substituents is 1. The first kappa shape index (κ1) is 11.7. The van der Waals surface area contributed by atoms with E-state index in [4.69, 9.17) is 5.11 Å². The fourth-order valence-corrected chi connectivity index (χ4v) is 0.991. The summed E-state index contributed by atoms with van der Waals surface area (Å²) in [5.74, 6) is 2.60. The topological polar surface area (TPSA) is 80.4 Å². The van der Waals surface area contributed by atoms with Gasteiger partial charge < -0.3 is 9.90 Å². The van der Waals surface area contributed by atoms with Crippen LogP contribution in [0.5, 0.6) is 5.75 Å².